The Morgan fingerprint density at radius 3 is 2.27 bits per heavy atom. The van der Waals surface area contributed by atoms with Crippen LogP contribution in [-0.2, 0) is 9.53 Å². The normalized spacial score (nSPS) is 14.6. The Labute approximate surface area is 303 Å². The van der Waals surface area contributed by atoms with E-state index in [2.05, 4.69) is 15.4 Å². The average molecular weight is 740 g/mol. The van der Waals surface area contributed by atoms with Gasteiger partial charge in [-0.1, -0.05) is 11.6 Å². The Morgan fingerprint density at radius 2 is 1.65 bits per heavy atom. The molecule has 2 heterocycles. The average Bonchev–Trinajstić information content (AvgIpc) is 3.14. The van der Waals surface area contributed by atoms with E-state index in [1.165, 1.54) is 59.9 Å². The standard InChI is InChI=1S/C35H39ClFN7O8/c1-20(43(28-13-11-25(50-3)19-29(28)51-4)34(48)38-24-9-7-23(37)8-10-24)31-39-27-18-22(36)6-12-26(27)32(46)44(31)42-16-14-41(15-17-42)33(47)30(21(2)45)40-35(49)52-5/h6-13,18-21,30,45H,14-17H2,1-5H3,(H,38,48)(H,40,49). The number of urea groups is 1. The number of anilines is 2. The van der Waals surface area contributed by atoms with E-state index in [0.717, 1.165) is 7.11 Å². The van der Waals surface area contributed by atoms with Crippen molar-refractivity contribution in [2.75, 3.05) is 62.7 Å². The second-order valence-corrected chi connectivity index (χ2v) is 12.3. The second-order valence-electron chi connectivity index (χ2n) is 11.9. The van der Waals surface area contributed by atoms with Gasteiger partial charge < -0.3 is 39.9 Å². The SMILES string of the molecule is COC(=O)NC(C(=O)N1CCN(n2c(C(C)N(C(=O)Nc3ccc(F)cc3)c3ccc(OC)cc3OC)nc3cc(Cl)ccc3c2=O)CC1)C(C)O. The van der Waals surface area contributed by atoms with Crippen LogP contribution in [0, 0.1) is 5.82 Å². The molecule has 1 aliphatic rings. The van der Waals surface area contributed by atoms with E-state index in [1.54, 1.807) is 48.3 Å². The zero-order valence-corrected chi connectivity index (χ0v) is 29.9. The summed E-state index contributed by atoms with van der Waals surface area (Å²) in [5, 5.41) is 17.7. The van der Waals surface area contributed by atoms with Gasteiger partial charge >= 0.3 is 12.1 Å². The predicted octanol–water partition coefficient (Wildman–Crippen LogP) is 3.89. The van der Waals surface area contributed by atoms with Gasteiger partial charge in [-0.15, -0.1) is 0 Å². The molecule has 0 aliphatic carbocycles. The number of fused-ring (bicyclic) bond motifs is 1. The van der Waals surface area contributed by atoms with Crippen molar-refractivity contribution in [3.63, 3.8) is 0 Å². The summed E-state index contributed by atoms with van der Waals surface area (Å²) >= 11 is 6.33. The topological polar surface area (TPSA) is 168 Å². The highest BCUT2D eigenvalue weighted by atomic mass is 35.5. The summed E-state index contributed by atoms with van der Waals surface area (Å²) in [6.07, 6.45) is -2.08. The third kappa shape index (κ3) is 7.97. The molecule has 1 aliphatic heterocycles. The van der Waals surface area contributed by atoms with E-state index in [1.807, 2.05) is 0 Å². The number of nitrogens with zero attached hydrogens (tertiary/aromatic N) is 5. The van der Waals surface area contributed by atoms with Gasteiger partial charge in [0, 0.05) is 29.9 Å². The first-order chi connectivity index (χ1) is 24.9. The van der Waals surface area contributed by atoms with Crippen molar-refractivity contribution in [1.29, 1.82) is 0 Å². The molecule has 4 amide bonds. The molecule has 0 radical (unpaired) electrons. The van der Waals surface area contributed by atoms with Gasteiger partial charge in [0.15, 0.2) is 5.82 Å². The molecule has 17 heteroatoms. The highest BCUT2D eigenvalue weighted by molar-refractivity contribution is 6.31. The number of benzene rings is 3. The number of aromatic nitrogens is 2. The number of hydrogen-bond donors (Lipinski definition) is 3. The van der Waals surface area contributed by atoms with Crippen molar-refractivity contribution in [3.8, 4) is 11.5 Å². The van der Waals surface area contributed by atoms with Crippen LogP contribution in [0.4, 0.5) is 25.4 Å². The van der Waals surface area contributed by atoms with Gasteiger partial charge in [0.1, 0.15) is 23.4 Å². The minimum absolute atomic E-state index is 0.116. The number of methoxy groups -OCH3 is 3. The fourth-order valence-electron chi connectivity index (χ4n) is 5.91. The van der Waals surface area contributed by atoms with Crippen LogP contribution in [0.25, 0.3) is 10.9 Å². The van der Waals surface area contributed by atoms with E-state index < -0.39 is 47.6 Å². The number of aliphatic hydroxyl groups excluding tert-OH is 1. The lowest BCUT2D eigenvalue weighted by Crippen LogP contribution is -2.61. The van der Waals surface area contributed by atoms with Crippen LogP contribution in [0.1, 0.15) is 25.7 Å². The summed E-state index contributed by atoms with van der Waals surface area (Å²) in [4.78, 5) is 61.6. The Bertz CT molecular complexity index is 2000. The van der Waals surface area contributed by atoms with E-state index >= 15 is 0 Å². The molecule has 3 N–H and O–H groups in total. The molecule has 1 saturated heterocycles. The van der Waals surface area contributed by atoms with Crippen LogP contribution in [0.3, 0.4) is 0 Å². The molecule has 1 fully saturated rings. The van der Waals surface area contributed by atoms with Gasteiger partial charge in [0.05, 0.1) is 63.2 Å². The minimum atomic E-state index is -1.25. The fraction of sp³-hybridized carbons (Fsp3) is 0.343. The van der Waals surface area contributed by atoms with Crippen molar-refractivity contribution >= 4 is 51.9 Å². The largest absolute Gasteiger partial charge is 0.497 e. The van der Waals surface area contributed by atoms with Crippen LogP contribution >= 0.6 is 11.6 Å². The Kier molecular flexibility index (Phi) is 11.7. The van der Waals surface area contributed by atoms with Crippen molar-refractivity contribution < 1.29 is 38.1 Å². The van der Waals surface area contributed by atoms with Crippen LogP contribution in [-0.4, -0.2) is 97.4 Å². The zero-order valence-electron chi connectivity index (χ0n) is 29.1. The highest BCUT2D eigenvalue weighted by Crippen LogP contribution is 2.37. The van der Waals surface area contributed by atoms with Gasteiger partial charge in [-0.05, 0) is 68.4 Å². The number of carbonyl (C=O) groups is 3. The Balaban J connectivity index is 1.58. The van der Waals surface area contributed by atoms with Gasteiger partial charge in [0.25, 0.3) is 5.56 Å². The number of nitrogens with one attached hydrogen (secondary N) is 2. The number of carbonyl (C=O) groups excluding carboxylic acids is 3. The summed E-state index contributed by atoms with van der Waals surface area (Å²) < 4.78 is 30.8. The lowest BCUT2D eigenvalue weighted by Gasteiger charge is -2.40. The van der Waals surface area contributed by atoms with Gasteiger partial charge in [-0.2, -0.15) is 0 Å². The third-order valence-electron chi connectivity index (χ3n) is 8.61. The van der Waals surface area contributed by atoms with E-state index in [0.29, 0.717) is 27.7 Å². The molecule has 3 atom stereocenters. The van der Waals surface area contributed by atoms with Crippen LogP contribution < -0.4 is 35.6 Å². The first kappa shape index (κ1) is 37.6. The number of piperazine rings is 1. The van der Waals surface area contributed by atoms with E-state index in [4.69, 9.17) is 26.1 Å². The Hall–Kier alpha value is -5.61. The lowest BCUT2D eigenvalue weighted by molar-refractivity contribution is -0.136. The van der Waals surface area contributed by atoms with Crippen molar-refractivity contribution in [2.45, 2.75) is 32.0 Å². The first-order valence-corrected chi connectivity index (χ1v) is 16.6. The van der Waals surface area contributed by atoms with Crippen molar-refractivity contribution in [1.82, 2.24) is 19.9 Å². The molecule has 0 saturated carbocycles. The molecule has 0 bridgehead atoms. The monoisotopic (exact) mass is 739 g/mol. The number of aliphatic hydroxyl groups is 1. The number of amides is 4. The van der Waals surface area contributed by atoms with Crippen LogP contribution in [0.2, 0.25) is 5.02 Å². The number of halogens is 2. The lowest BCUT2D eigenvalue weighted by atomic mass is 10.1. The maximum Gasteiger partial charge on any atom is 0.407 e. The molecule has 52 heavy (non-hydrogen) atoms. The number of ether oxygens (including phenoxy) is 3. The summed E-state index contributed by atoms with van der Waals surface area (Å²) in [6.45, 7) is 3.59. The molecular formula is C35H39ClFN7O8. The fourth-order valence-corrected chi connectivity index (χ4v) is 6.07. The van der Waals surface area contributed by atoms with Gasteiger partial charge in [-0.25, -0.2) is 23.6 Å². The van der Waals surface area contributed by atoms with Gasteiger partial charge in [-0.3, -0.25) is 14.5 Å². The maximum absolute atomic E-state index is 14.4. The first-order valence-electron chi connectivity index (χ1n) is 16.2. The molecule has 276 valence electrons. The Morgan fingerprint density at radius 1 is 0.962 bits per heavy atom. The summed E-state index contributed by atoms with van der Waals surface area (Å²) in [7, 11) is 4.08. The molecule has 3 aromatic carbocycles. The summed E-state index contributed by atoms with van der Waals surface area (Å²) in [5.41, 5.74) is 0.460. The van der Waals surface area contributed by atoms with Crippen molar-refractivity contribution in [2.24, 2.45) is 0 Å². The molecule has 5 rings (SSSR count). The van der Waals surface area contributed by atoms with E-state index in [-0.39, 0.29) is 43.1 Å². The number of alkyl carbamates (subject to hydrolysis) is 1. The smallest absolute Gasteiger partial charge is 0.407 e. The van der Waals surface area contributed by atoms with Crippen LogP contribution in [0.5, 0.6) is 11.5 Å². The molecule has 15 nitrogen and oxygen atoms in total. The molecule has 0 spiro atoms. The molecule has 1 aromatic heterocycles. The second kappa shape index (κ2) is 16.2. The highest BCUT2D eigenvalue weighted by Gasteiger charge is 2.35. The van der Waals surface area contributed by atoms with E-state index in [9.17, 15) is 28.7 Å². The predicted molar refractivity (Wildman–Crippen MR) is 192 cm³/mol. The zero-order chi connectivity index (χ0) is 37.7. The summed E-state index contributed by atoms with van der Waals surface area (Å²) in [5.74, 6) is -0.109. The number of rotatable bonds is 10. The number of hydrogen-bond acceptors (Lipinski definition) is 10. The molecule has 3 unspecified atom stereocenters. The van der Waals surface area contributed by atoms with Crippen molar-refractivity contribution in [3.05, 3.63) is 87.7 Å². The van der Waals surface area contributed by atoms with Crippen LogP contribution in [0.15, 0.2) is 65.5 Å². The minimum Gasteiger partial charge on any atom is -0.497 e. The third-order valence-corrected chi connectivity index (χ3v) is 8.85. The molecule has 4 aromatic rings. The summed E-state index contributed by atoms with van der Waals surface area (Å²) in [6, 6.07) is 12.0. The molecular weight excluding hydrogens is 701 g/mol. The maximum atomic E-state index is 14.4. The van der Waals surface area contributed by atoms with Gasteiger partial charge in [0.2, 0.25) is 5.91 Å². The quantitative estimate of drug-likeness (QED) is 0.217.